The van der Waals surface area contributed by atoms with E-state index in [1.165, 1.54) is 18.5 Å². The van der Waals surface area contributed by atoms with Crippen LogP contribution in [0.25, 0.3) is 0 Å². The highest BCUT2D eigenvalue weighted by atomic mass is 15.3. The van der Waals surface area contributed by atoms with Crippen LogP contribution < -0.4 is 10.6 Å². The molecule has 1 aromatic carbocycles. The molecule has 1 fully saturated rings. The fraction of sp³-hybridized carbons (Fsp3) is 0.667. The molecular formula is C18H31N3. The number of benzene rings is 1. The number of unbranched alkanes of at least 4 members (excludes halogenated alkanes) is 1. The van der Waals surface area contributed by atoms with Crippen molar-refractivity contribution in [3.8, 4) is 0 Å². The Morgan fingerprint density at radius 3 is 2.62 bits per heavy atom. The van der Waals surface area contributed by atoms with Crippen molar-refractivity contribution >= 4 is 5.69 Å². The molecule has 0 radical (unpaired) electrons. The Hall–Kier alpha value is -1.06. The lowest BCUT2D eigenvalue weighted by Crippen LogP contribution is -2.61. The average Bonchev–Trinajstić information content (AvgIpc) is 2.52. The minimum atomic E-state index is 0.114. The largest absolute Gasteiger partial charge is 0.364 e. The quantitative estimate of drug-likeness (QED) is 0.873. The first-order chi connectivity index (χ1) is 10.1. The summed E-state index contributed by atoms with van der Waals surface area (Å²) in [4.78, 5) is 5.05. The van der Waals surface area contributed by atoms with Crippen LogP contribution >= 0.6 is 0 Å². The second kappa shape index (κ2) is 7.28. The zero-order valence-electron chi connectivity index (χ0n) is 13.9. The number of hydrogen-bond donors (Lipinski definition) is 1. The van der Waals surface area contributed by atoms with Gasteiger partial charge in [0.05, 0.1) is 5.54 Å². The Morgan fingerprint density at radius 2 is 2.05 bits per heavy atom. The Balaban J connectivity index is 2.28. The molecule has 118 valence electrons. The van der Waals surface area contributed by atoms with Gasteiger partial charge >= 0.3 is 0 Å². The van der Waals surface area contributed by atoms with Crippen LogP contribution in [0.2, 0.25) is 0 Å². The molecule has 0 spiro atoms. The summed E-state index contributed by atoms with van der Waals surface area (Å²) in [5.74, 6) is 0. The van der Waals surface area contributed by atoms with Gasteiger partial charge in [0.25, 0.3) is 0 Å². The van der Waals surface area contributed by atoms with E-state index < -0.39 is 0 Å². The highest BCUT2D eigenvalue weighted by molar-refractivity contribution is 5.49. The SMILES string of the molecule is CCCCN(c1ccccc1)C1(CN)CCN(C)C(C)C1. The topological polar surface area (TPSA) is 32.5 Å². The molecule has 0 saturated carbocycles. The summed E-state index contributed by atoms with van der Waals surface area (Å²) >= 11 is 0. The maximum absolute atomic E-state index is 6.30. The van der Waals surface area contributed by atoms with Gasteiger partial charge in [-0.3, -0.25) is 0 Å². The zero-order chi connectivity index (χ0) is 15.3. The van der Waals surface area contributed by atoms with Crippen LogP contribution in [-0.4, -0.2) is 43.2 Å². The number of para-hydroxylation sites is 1. The summed E-state index contributed by atoms with van der Waals surface area (Å²) in [5, 5.41) is 0. The third kappa shape index (κ3) is 3.58. The van der Waals surface area contributed by atoms with E-state index in [4.69, 9.17) is 5.73 Å². The molecule has 0 amide bonds. The molecule has 2 unspecified atom stereocenters. The fourth-order valence-electron chi connectivity index (χ4n) is 3.52. The van der Waals surface area contributed by atoms with Crippen molar-refractivity contribution in [1.82, 2.24) is 4.90 Å². The first-order valence-corrected chi connectivity index (χ1v) is 8.36. The van der Waals surface area contributed by atoms with Crippen molar-refractivity contribution in [2.75, 3.05) is 31.6 Å². The van der Waals surface area contributed by atoms with Gasteiger partial charge in [-0.1, -0.05) is 31.5 Å². The van der Waals surface area contributed by atoms with E-state index in [9.17, 15) is 0 Å². The van der Waals surface area contributed by atoms with E-state index >= 15 is 0 Å². The second-order valence-corrected chi connectivity index (χ2v) is 6.55. The third-order valence-corrected chi connectivity index (χ3v) is 5.11. The molecule has 0 aromatic heterocycles. The number of likely N-dealkylation sites (tertiary alicyclic amines) is 1. The summed E-state index contributed by atoms with van der Waals surface area (Å²) in [7, 11) is 2.23. The van der Waals surface area contributed by atoms with Gasteiger partial charge in [0, 0.05) is 31.4 Å². The average molecular weight is 289 g/mol. The molecule has 1 heterocycles. The predicted octanol–water partition coefficient (Wildman–Crippen LogP) is 3.10. The second-order valence-electron chi connectivity index (χ2n) is 6.55. The van der Waals surface area contributed by atoms with Gasteiger partial charge in [0.1, 0.15) is 0 Å². The summed E-state index contributed by atoms with van der Waals surface area (Å²) in [6.07, 6.45) is 4.75. The molecule has 2 rings (SSSR count). The maximum Gasteiger partial charge on any atom is 0.0551 e. The molecule has 3 heteroatoms. The smallest absolute Gasteiger partial charge is 0.0551 e. The molecule has 0 aliphatic carbocycles. The summed E-state index contributed by atoms with van der Waals surface area (Å²) in [6.45, 7) is 7.56. The Kier molecular flexibility index (Phi) is 5.65. The van der Waals surface area contributed by atoms with E-state index in [1.54, 1.807) is 0 Å². The lowest BCUT2D eigenvalue weighted by Gasteiger charge is -2.51. The monoisotopic (exact) mass is 289 g/mol. The molecule has 0 bridgehead atoms. The minimum absolute atomic E-state index is 0.114. The molecule has 1 aromatic rings. The van der Waals surface area contributed by atoms with Gasteiger partial charge in [0.2, 0.25) is 0 Å². The fourth-order valence-corrected chi connectivity index (χ4v) is 3.52. The van der Waals surface area contributed by atoms with Crippen LogP contribution in [-0.2, 0) is 0 Å². The number of nitrogens with zero attached hydrogens (tertiary/aromatic N) is 2. The van der Waals surface area contributed by atoms with Crippen molar-refractivity contribution < 1.29 is 0 Å². The van der Waals surface area contributed by atoms with E-state index in [2.05, 4.69) is 61.0 Å². The Morgan fingerprint density at radius 1 is 1.33 bits per heavy atom. The van der Waals surface area contributed by atoms with Gasteiger partial charge in [-0.15, -0.1) is 0 Å². The highest BCUT2D eigenvalue weighted by Crippen LogP contribution is 2.35. The van der Waals surface area contributed by atoms with Crippen molar-refractivity contribution in [3.05, 3.63) is 30.3 Å². The molecule has 2 N–H and O–H groups in total. The van der Waals surface area contributed by atoms with Crippen LogP contribution in [0.1, 0.15) is 39.5 Å². The van der Waals surface area contributed by atoms with Crippen LogP contribution in [0.15, 0.2) is 30.3 Å². The van der Waals surface area contributed by atoms with Gasteiger partial charge in [-0.2, -0.15) is 0 Å². The Bertz CT molecular complexity index is 420. The van der Waals surface area contributed by atoms with Gasteiger partial charge in [-0.25, -0.2) is 0 Å². The number of hydrogen-bond acceptors (Lipinski definition) is 3. The van der Waals surface area contributed by atoms with E-state index in [0.29, 0.717) is 6.04 Å². The molecule has 1 aliphatic rings. The normalized spacial score (nSPS) is 26.8. The minimum Gasteiger partial charge on any atom is -0.364 e. The van der Waals surface area contributed by atoms with E-state index in [1.807, 2.05) is 0 Å². The van der Waals surface area contributed by atoms with Crippen molar-refractivity contribution in [2.45, 2.75) is 51.1 Å². The summed E-state index contributed by atoms with van der Waals surface area (Å²) < 4.78 is 0. The molecule has 3 nitrogen and oxygen atoms in total. The molecular weight excluding hydrogens is 258 g/mol. The number of anilines is 1. The van der Waals surface area contributed by atoms with Crippen LogP contribution in [0.4, 0.5) is 5.69 Å². The van der Waals surface area contributed by atoms with Gasteiger partial charge < -0.3 is 15.5 Å². The number of nitrogens with two attached hydrogens (primary N) is 1. The first-order valence-electron chi connectivity index (χ1n) is 8.36. The van der Waals surface area contributed by atoms with Crippen LogP contribution in [0, 0.1) is 0 Å². The first kappa shape index (κ1) is 16.3. The standard InChI is InChI=1S/C18H31N3/c1-4-5-12-21(17-9-7-6-8-10-17)18(15-19)11-13-20(3)16(2)14-18/h6-10,16H,4-5,11-15,19H2,1-3H3. The highest BCUT2D eigenvalue weighted by Gasteiger charge is 2.40. The van der Waals surface area contributed by atoms with Gasteiger partial charge in [-0.05, 0) is 45.4 Å². The lowest BCUT2D eigenvalue weighted by atomic mass is 9.81. The van der Waals surface area contributed by atoms with Crippen LogP contribution in [0.3, 0.4) is 0 Å². The van der Waals surface area contributed by atoms with E-state index in [0.717, 1.165) is 32.5 Å². The zero-order valence-corrected chi connectivity index (χ0v) is 13.9. The predicted molar refractivity (Wildman–Crippen MR) is 91.8 cm³/mol. The molecule has 1 saturated heterocycles. The molecule has 1 aliphatic heterocycles. The summed E-state index contributed by atoms with van der Waals surface area (Å²) in [5.41, 5.74) is 7.74. The Labute approximate surface area is 130 Å². The van der Waals surface area contributed by atoms with Crippen molar-refractivity contribution in [3.63, 3.8) is 0 Å². The van der Waals surface area contributed by atoms with E-state index in [-0.39, 0.29) is 5.54 Å². The van der Waals surface area contributed by atoms with Crippen LogP contribution in [0.5, 0.6) is 0 Å². The third-order valence-electron chi connectivity index (χ3n) is 5.11. The summed E-state index contributed by atoms with van der Waals surface area (Å²) in [6, 6.07) is 11.4. The van der Waals surface area contributed by atoms with Gasteiger partial charge in [0.15, 0.2) is 0 Å². The van der Waals surface area contributed by atoms with Crippen molar-refractivity contribution in [2.24, 2.45) is 5.73 Å². The number of rotatable bonds is 6. The molecule has 21 heavy (non-hydrogen) atoms. The number of piperidine rings is 1. The molecule has 2 atom stereocenters. The lowest BCUT2D eigenvalue weighted by molar-refractivity contribution is 0.129. The van der Waals surface area contributed by atoms with Crippen molar-refractivity contribution in [1.29, 1.82) is 0 Å². The maximum atomic E-state index is 6.30.